The molecule has 1 aromatic heterocycles. The van der Waals surface area contributed by atoms with Crippen molar-refractivity contribution in [1.29, 1.82) is 0 Å². The monoisotopic (exact) mass is 666 g/mol. The Labute approximate surface area is 270 Å². The number of halogens is 4. The summed E-state index contributed by atoms with van der Waals surface area (Å²) >= 11 is 6.03. The molecule has 1 atom stereocenters. The number of nitrogens with zero attached hydrogens (tertiary/aromatic N) is 1. The minimum atomic E-state index is -4.34. The van der Waals surface area contributed by atoms with Crippen molar-refractivity contribution in [3.05, 3.63) is 125 Å². The third-order valence-corrected chi connectivity index (χ3v) is 7.75. The van der Waals surface area contributed by atoms with Gasteiger partial charge in [-0.1, -0.05) is 66.2 Å². The molecule has 0 spiro atoms. The molecule has 5 aromatic rings. The van der Waals surface area contributed by atoms with Crippen LogP contribution in [0.1, 0.15) is 21.5 Å². The van der Waals surface area contributed by atoms with Gasteiger partial charge in [-0.05, 0) is 77.3 Å². The van der Waals surface area contributed by atoms with Crippen LogP contribution in [0.4, 0.5) is 29.3 Å². The number of aromatic nitrogens is 1. The second-order valence-electron chi connectivity index (χ2n) is 10.1. The van der Waals surface area contributed by atoms with Crippen LogP contribution in [0, 0.1) is 0 Å². The van der Waals surface area contributed by atoms with Crippen molar-refractivity contribution in [2.24, 2.45) is 5.73 Å². The first-order valence-electron chi connectivity index (χ1n) is 13.8. The summed E-state index contributed by atoms with van der Waals surface area (Å²) in [6, 6.07) is 24.5. The molecule has 0 saturated heterocycles. The molecule has 1 heterocycles. The molecule has 0 aliphatic carbocycles. The third kappa shape index (κ3) is 8.47. The lowest BCUT2D eigenvalue weighted by molar-refractivity contribution is -0.145. The van der Waals surface area contributed by atoms with Gasteiger partial charge in [0.1, 0.15) is 6.61 Å². The Morgan fingerprint density at radius 3 is 2.17 bits per heavy atom. The number of hydrogen-bond donors (Lipinski definition) is 3. The number of ether oxygens (including phenoxy) is 1. The minimum absolute atomic E-state index is 0.0473. The topological polar surface area (TPSA) is 115 Å². The molecule has 8 nitrogen and oxygen atoms in total. The first-order chi connectivity index (χ1) is 21.9. The lowest BCUT2D eigenvalue weighted by atomic mass is 10.0. The number of esters is 1. The van der Waals surface area contributed by atoms with Crippen molar-refractivity contribution in [3.8, 4) is 0 Å². The molecule has 0 radical (unpaired) electrons. The lowest BCUT2D eigenvalue weighted by Crippen LogP contribution is -2.42. The van der Waals surface area contributed by atoms with Gasteiger partial charge in [0, 0.05) is 27.2 Å². The molecule has 5 rings (SSSR count). The second kappa shape index (κ2) is 14.1. The van der Waals surface area contributed by atoms with Gasteiger partial charge in [-0.15, -0.1) is 0 Å². The Kier molecular flexibility index (Phi) is 10.0. The fraction of sp³-hybridized carbons (Fsp3) is 0.121. The SMILES string of the molecule is NC(C(=O)OCc1ccccc1)C(=O)n1cc(NC(=O)Nc2ccc(Cc3ccc(SC(F)(F)F)cc3)cc2)c2cc(Cl)ccc21. The number of carbonyl (C=O) groups is 3. The molecule has 0 saturated carbocycles. The molecule has 4 aromatic carbocycles. The highest BCUT2D eigenvalue weighted by Crippen LogP contribution is 2.37. The van der Waals surface area contributed by atoms with Gasteiger partial charge < -0.3 is 21.1 Å². The summed E-state index contributed by atoms with van der Waals surface area (Å²) in [5.41, 5.74) is 5.16. The second-order valence-corrected chi connectivity index (χ2v) is 11.7. The highest BCUT2D eigenvalue weighted by Gasteiger charge is 2.29. The van der Waals surface area contributed by atoms with E-state index in [1.807, 2.05) is 6.07 Å². The smallest absolute Gasteiger partial charge is 0.446 e. The molecule has 0 bridgehead atoms. The fourth-order valence-corrected chi connectivity index (χ4v) is 5.30. The maximum Gasteiger partial charge on any atom is 0.446 e. The molecule has 0 aliphatic rings. The highest BCUT2D eigenvalue weighted by atomic mass is 35.5. The van der Waals surface area contributed by atoms with Gasteiger partial charge in [0.05, 0.1) is 11.2 Å². The van der Waals surface area contributed by atoms with Crippen molar-refractivity contribution in [1.82, 2.24) is 4.57 Å². The fourth-order valence-electron chi connectivity index (χ4n) is 4.59. The van der Waals surface area contributed by atoms with Crippen LogP contribution in [0.3, 0.4) is 0 Å². The van der Waals surface area contributed by atoms with Crippen LogP contribution in [0.25, 0.3) is 10.9 Å². The zero-order valence-electron chi connectivity index (χ0n) is 23.9. The van der Waals surface area contributed by atoms with E-state index in [4.69, 9.17) is 22.1 Å². The van der Waals surface area contributed by atoms with Crippen LogP contribution in [0.2, 0.25) is 5.02 Å². The number of urea groups is 1. The third-order valence-electron chi connectivity index (χ3n) is 6.77. The highest BCUT2D eigenvalue weighted by molar-refractivity contribution is 8.00. The van der Waals surface area contributed by atoms with Crippen molar-refractivity contribution in [3.63, 3.8) is 0 Å². The Morgan fingerprint density at radius 2 is 1.52 bits per heavy atom. The van der Waals surface area contributed by atoms with Crippen LogP contribution in [0.5, 0.6) is 0 Å². The normalized spacial score (nSPS) is 12.0. The first-order valence-corrected chi connectivity index (χ1v) is 15.0. The maximum absolute atomic E-state index is 13.3. The largest absolute Gasteiger partial charge is 0.459 e. The summed E-state index contributed by atoms with van der Waals surface area (Å²) in [7, 11) is 0. The van der Waals surface area contributed by atoms with Crippen molar-refractivity contribution < 1.29 is 32.3 Å². The predicted octanol–water partition coefficient (Wildman–Crippen LogP) is 7.85. The average molecular weight is 667 g/mol. The zero-order valence-corrected chi connectivity index (χ0v) is 25.5. The number of benzene rings is 4. The van der Waals surface area contributed by atoms with E-state index in [0.717, 1.165) is 16.7 Å². The molecular weight excluding hydrogens is 641 g/mol. The number of thioether (sulfide) groups is 1. The Bertz CT molecular complexity index is 1860. The molecule has 2 amide bonds. The van der Waals surface area contributed by atoms with Gasteiger partial charge in [0.15, 0.2) is 6.04 Å². The number of nitrogens with one attached hydrogen (secondary N) is 2. The van der Waals surface area contributed by atoms with Crippen molar-refractivity contribution in [2.45, 2.75) is 29.5 Å². The molecule has 46 heavy (non-hydrogen) atoms. The van der Waals surface area contributed by atoms with Gasteiger partial charge in [0.2, 0.25) is 0 Å². The zero-order chi connectivity index (χ0) is 32.8. The van der Waals surface area contributed by atoms with Gasteiger partial charge >= 0.3 is 17.5 Å². The number of fused-ring (bicyclic) bond motifs is 1. The standard InChI is InChI=1S/C33H26ClF3N4O4S/c34-23-10-15-28-26(17-23)27(18-41(28)30(42)29(38)31(43)45-19-22-4-2-1-3-5-22)40-32(44)39-24-11-6-20(7-12-24)16-21-8-13-25(14-9-21)46-33(35,36)37/h1-15,17-18,29H,16,19,38H2,(H2,39,40,44). The van der Waals surface area contributed by atoms with E-state index < -0.39 is 29.5 Å². The van der Waals surface area contributed by atoms with E-state index in [0.29, 0.717) is 28.0 Å². The summed E-state index contributed by atoms with van der Waals surface area (Å²) in [6.07, 6.45) is 1.84. The quantitative estimate of drug-likeness (QED) is 0.0838. The summed E-state index contributed by atoms with van der Waals surface area (Å²) in [5.74, 6) is -1.67. The lowest BCUT2D eigenvalue weighted by Gasteiger charge is -2.12. The van der Waals surface area contributed by atoms with Gasteiger partial charge in [0.25, 0.3) is 5.91 Å². The molecule has 4 N–H and O–H groups in total. The van der Waals surface area contributed by atoms with Crippen molar-refractivity contribution in [2.75, 3.05) is 10.6 Å². The van der Waals surface area contributed by atoms with Crippen LogP contribution < -0.4 is 16.4 Å². The number of nitrogens with two attached hydrogens (primary N) is 1. The number of carbonyl (C=O) groups excluding carboxylic acids is 3. The Hall–Kier alpha value is -4.78. The number of rotatable bonds is 9. The van der Waals surface area contributed by atoms with Gasteiger partial charge in [-0.2, -0.15) is 13.2 Å². The molecule has 0 aliphatic heterocycles. The molecule has 1 unspecified atom stereocenters. The minimum Gasteiger partial charge on any atom is -0.459 e. The number of anilines is 2. The molecule has 0 fully saturated rings. The molecular formula is C33H26ClF3N4O4S. The molecule has 236 valence electrons. The van der Waals surface area contributed by atoms with Gasteiger partial charge in [-0.25, -0.2) is 9.59 Å². The van der Waals surface area contributed by atoms with E-state index >= 15 is 0 Å². The van der Waals surface area contributed by atoms with Crippen LogP contribution in [0.15, 0.2) is 108 Å². The summed E-state index contributed by atoms with van der Waals surface area (Å²) in [4.78, 5) is 38.9. The van der Waals surface area contributed by atoms with Crippen LogP contribution in [-0.2, 0) is 22.6 Å². The van der Waals surface area contributed by atoms with E-state index in [1.54, 1.807) is 78.9 Å². The number of amides is 2. The Morgan fingerprint density at radius 1 is 0.870 bits per heavy atom. The van der Waals surface area contributed by atoms with Gasteiger partial charge in [-0.3, -0.25) is 9.36 Å². The number of hydrogen-bond acceptors (Lipinski definition) is 6. The first kappa shape index (κ1) is 32.6. The summed E-state index contributed by atoms with van der Waals surface area (Å²) < 4.78 is 44.1. The van der Waals surface area contributed by atoms with E-state index in [-0.39, 0.29) is 29.0 Å². The predicted molar refractivity (Wildman–Crippen MR) is 172 cm³/mol. The average Bonchev–Trinajstić information content (AvgIpc) is 3.37. The van der Waals surface area contributed by atoms with E-state index in [2.05, 4.69) is 10.6 Å². The maximum atomic E-state index is 13.3. The van der Waals surface area contributed by atoms with Crippen LogP contribution in [-0.4, -0.2) is 34.0 Å². The van der Waals surface area contributed by atoms with Crippen LogP contribution >= 0.6 is 23.4 Å². The molecule has 13 heteroatoms. The van der Waals surface area contributed by atoms with Crippen molar-refractivity contribution >= 4 is 63.5 Å². The Balaban J connectivity index is 1.23. The number of alkyl halides is 3. The van der Waals surface area contributed by atoms with E-state index in [9.17, 15) is 27.6 Å². The summed E-state index contributed by atoms with van der Waals surface area (Å²) in [5, 5.41) is 6.22. The van der Waals surface area contributed by atoms with E-state index in [1.165, 1.54) is 22.9 Å². The summed E-state index contributed by atoms with van der Waals surface area (Å²) in [6.45, 7) is -0.0473.